The Morgan fingerprint density at radius 1 is 1.24 bits per heavy atom. The topological polar surface area (TPSA) is 58.6 Å². The van der Waals surface area contributed by atoms with Gasteiger partial charge >= 0.3 is 0 Å². The highest BCUT2D eigenvalue weighted by Crippen LogP contribution is 2.37. The molecule has 7 heteroatoms. The van der Waals surface area contributed by atoms with Gasteiger partial charge in [0.2, 0.25) is 5.91 Å². The Kier molecular flexibility index (Phi) is 5.16. The van der Waals surface area contributed by atoms with Gasteiger partial charge in [-0.2, -0.15) is 0 Å². The molecule has 0 bridgehead atoms. The van der Waals surface area contributed by atoms with E-state index in [0.29, 0.717) is 27.9 Å². The molecular formula is C18H16Cl2N2O3. The maximum atomic E-state index is 12.7. The fourth-order valence-electron chi connectivity index (χ4n) is 2.79. The van der Waals surface area contributed by atoms with E-state index in [1.54, 1.807) is 35.2 Å². The summed E-state index contributed by atoms with van der Waals surface area (Å²) in [6.45, 7) is 1.97. The van der Waals surface area contributed by atoms with Crippen molar-refractivity contribution in [2.24, 2.45) is 0 Å². The van der Waals surface area contributed by atoms with Crippen molar-refractivity contribution in [3.05, 3.63) is 58.1 Å². The number of rotatable bonds is 5. The van der Waals surface area contributed by atoms with Crippen LogP contribution in [0.5, 0.6) is 5.75 Å². The third-order valence-electron chi connectivity index (χ3n) is 3.86. The molecule has 0 saturated carbocycles. The number of anilines is 1. The predicted molar refractivity (Wildman–Crippen MR) is 97.3 cm³/mol. The van der Waals surface area contributed by atoms with Crippen LogP contribution < -0.4 is 15.0 Å². The fraction of sp³-hybridized carbons (Fsp3) is 0.222. The Morgan fingerprint density at radius 3 is 2.72 bits per heavy atom. The standard InChI is InChI=1S/C18H16Cl2N2O3/c1-11(23)21-17-13-10-12(19)6-7-15(13)22(18(17)24)8-9-25-16-5-3-2-4-14(16)20/h2-7,10,17H,8-9H2,1H3,(H,21,23)/t17-/m1/s1. The lowest BCUT2D eigenvalue weighted by molar-refractivity contribution is -0.126. The maximum absolute atomic E-state index is 12.7. The molecule has 0 spiro atoms. The number of nitrogens with one attached hydrogen (secondary N) is 1. The van der Waals surface area contributed by atoms with Gasteiger partial charge in [0.1, 0.15) is 18.4 Å². The summed E-state index contributed by atoms with van der Waals surface area (Å²) in [7, 11) is 0. The molecule has 1 atom stereocenters. The van der Waals surface area contributed by atoms with Crippen LogP contribution in [-0.2, 0) is 9.59 Å². The molecule has 0 aliphatic carbocycles. The quantitative estimate of drug-likeness (QED) is 0.864. The van der Waals surface area contributed by atoms with Gasteiger partial charge in [-0.15, -0.1) is 0 Å². The van der Waals surface area contributed by atoms with Gasteiger partial charge in [0.15, 0.2) is 0 Å². The first-order valence-electron chi connectivity index (χ1n) is 7.72. The van der Waals surface area contributed by atoms with Gasteiger partial charge in [0.05, 0.1) is 11.6 Å². The summed E-state index contributed by atoms with van der Waals surface area (Å²) in [6.07, 6.45) is 0. The molecule has 1 aliphatic rings. The van der Waals surface area contributed by atoms with Crippen LogP contribution in [0.4, 0.5) is 5.69 Å². The van der Waals surface area contributed by atoms with Crippen LogP contribution >= 0.6 is 23.2 Å². The van der Waals surface area contributed by atoms with Crippen molar-refractivity contribution in [3.63, 3.8) is 0 Å². The van der Waals surface area contributed by atoms with Crippen molar-refractivity contribution in [1.29, 1.82) is 0 Å². The average Bonchev–Trinajstić information content (AvgIpc) is 2.81. The Balaban J connectivity index is 1.76. The van der Waals surface area contributed by atoms with E-state index in [2.05, 4.69) is 5.32 Å². The van der Waals surface area contributed by atoms with Crippen molar-refractivity contribution >= 4 is 40.7 Å². The van der Waals surface area contributed by atoms with Gasteiger partial charge < -0.3 is 15.0 Å². The van der Waals surface area contributed by atoms with E-state index >= 15 is 0 Å². The summed E-state index contributed by atoms with van der Waals surface area (Å²) in [5, 5.41) is 3.69. The third kappa shape index (κ3) is 3.72. The lowest BCUT2D eigenvalue weighted by Crippen LogP contribution is -2.38. The van der Waals surface area contributed by atoms with E-state index in [1.165, 1.54) is 6.92 Å². The maximum Gasteiger partial charge on any atom is 0.254 e. The normalized spacial score (nSPS) is 15.9. The van der Waals surface area contributed by atoms with Crippen LogP contribution in [0, 0.1) is 0 Å². The van der Waals surface area contributed by atoms with Gasteiger partial charge in [0, 0.05) is 23.2 Å². The molecule has 0 fully saturated rings. The average molecular weight is 379 g/mol. The molecule has 0 saturated heterocycles. The number of carbonyl (C=O) groups is 2. The number of carbonyl (C=O) groups excluding carboxylic acids is 2. The van der Waals surface area contributed by atoms with Crippen molar-refractivity contribution in [1.82, 2.24) is 5.32 Å². The highest BCUT2D eigenvalue weighted by Gasteiger charge is 2.37. The van der Waals surface area contributed by atoms with Crippen LogP contribution in [0.3, 0.4) is 0 Å². The number of ether oxygens (including phenoxy) is 1. The molecule has 2 amide bonds. The van der Waals surface area contributed by atoms with E-state index in [4.69, 9.17) is 27.9 Å². The first kappa shape index (κ1) is 17.6. The van der Waals surface area contributed by atoms with Gasteiger partial charge in [-0.25, -0.2) is 0 Å². The number of nitrogens with zero attached hydrogens (tertiary/aromatic N) is 1. The largest absolute Gasteiger partial charge is 0.490 e. The van der Waals surface area contributed by atoms with Gasteiger partial charge in [0.25, 0.3) is 5.91 Å². The van der Waals surface area contributed by atoms with Crippen LogP contribution in [0.15, 0.2) is 42.5 Å². The fourth-order valence-corrected chi connectivity index (χ4v) is 3.16. The summed E-state index contributed by atoms with van der Waals surface area (Å²) in [6, 6.07) is 11.6. The summed E-state index contributed by atoms with van der Waals surface area (Å²) in [5.74, 6) is 0.0687. The number of hydrogen-bond acceptors (Lipinski definition) is 3. The molecule has 0 radical (unpaired) electrons. The minimum atomic E-state index is -0.730. The lowest BCUT2D eigenvalue weighted by Gasteiger charge is -2.18. The second-order valence-electron chi connectivity index (χ2n) is 5.61. The molecule has 2 aromatic carbocycles. The zero-order valence-corrected chi connectivity index (χ0v) is 15.0. The summed E-state index contributed by atoms with van der Waals surface area (Å²) >= 11 is 12.1. The number of amides is 2. The zero-order chi connectivity index (χ0) is 18.0. The third-order valence-corrected chi connectivity index (χ3v) is 4.41. The number of benzene rings is 2. The minimum absolute atomic E-state index is 0.213. The molecule has 0 unspecified atom stereocenters. The summed E-state index contributed by atoms with van der Waals surface area (Å²) in [5.41, 5.74) is 1.40. The Morgan fingerprint density at radius 2 is 2.00 bits per heavy atom. The van der Waals surface area contributed by atoms with E-state index in [9.17, 15) is 9.59 Å². The van der Waals surface area contributed by atoms with E-state index < -0.39 is 6.04 Å². The number of halogens is 2. The van der Waals surface area contributed by atoms with Crippen LogP contribution in [0.2, 0.25) is 10.0 Å². The van der Waals surface area contributed by atoms with Gasteiger partial charge in [-0.05, 0) is 30.3 Å². The van der Waals surface area contributed by atoms with E-state index in [0.717, 1.165) is 5.69 Å². The smallest absolute Gasteiger partial charge is 0.254 e. The highest BCUT2D eigenvalue weighted by atomic mass is 35.5. The zero-order valence-electron chi connectivity index (χ0n) is 13.5. The van der Waals surface area contributed by atoms with Crippen LogP contribution in [0.25, 0.3) is 0 Å². The molecule has 1 N–H and O–H groups in total. The summed E-state index contributed by atoms with van der Waals surface area (Å²) < 4.78 is 5.66. The van der Waals surface area contributed by atoms with Crippen molar-refractivity contribution in [2.45, 2.75) is 13.0 Å². The SMILES string of the molecule is CC(=O)N[C@H]1C(=O)N(CCOc2ccccc2Cl)c2ccc(Cl)cc21. The Bertz CT molecular complexity index is 826. The minimum Gasteiger partial charge on any atom is -0.490 e. The van der Waals surface area contributed by atoms with Crippen molar-refractivity contribution in [2.75, 3.05) is 18.1 Å². The number of fused-ring (bicyclic) bond motifs is 1. The highest BCUT2D eigenvalue weighted by molar-refractivity contribution is 6.32. The molecule has 1 heterocycles. The first-order chi connectivity index (χ1) is 12.0. The van der Waals surface area contributed by atoms with E-state index in [1.807, 2.05) is 12.1 Å². The predicted octanol–water partition coefficient (Wildman–Crippen LogP) is 3.60. The molecule has 5 nitrogen and oxygen atoms in total. The molecular weight excluding hydrogens is 363 g/mol. The second-order valence-corrected chi connectivity index (χ2v) is 6.45. The first-order valence-corrected chi connectivity index (χ1v) is 8.48. The van der Waals surface area contributed by atoms with Crippen LogP contribution in [-0.4, -0.2) is 25.0 Å². The second kappa shape index (κ2) is 7.33. The molecule has 25 heavy (non-hydrogen) atoms. The Hall–Kier alpha value is -2.24. The molecule has 130 valence electrons. The number of hydrogen-bond donors (Lipinski definition) is 1. The molecule has 3 rings (SSSR count). The lowest BCUT2D eigenvalue weighted by atomic mass is 10.1. The molecule has 2 aromatic rings. The van der Waals surface area contributed by atoms with Crippen molar-refractivity contribution < 1.29 is 14.3 Å². The van der Waals surface area contributed by atoms with E-state index in [-0.39, 0.29) is 18.4 Å². The van der Waals surface area contributed by atoms with Gasteiger partial charge in [-0.1, -0.05) is 35.3 Å². The summed E-state index contributed by atoms with van der Waals surface area (Å²) in [4.78, 5) is 25.7. The Labute approximate surface area is 155 Å². The van der Waals surface area contributed by atoms with Crippen molar-refractivity contribution in [3.8, 4) is 5.75 Å². The van der Waals surface area contributed by atoms with Gasteiger partial charge in [-0.3, -0.25) is 9.59 Å². The molecule has 1 aliphatic heterocycles. The monoisotopic (exact) mass is 378 g/mol. The number of para-hydroxylation sites is 1. The molecule has 0 aromatic heterocycles. The van der Waals surface area contributed by atoms with Crippen LogP contribution in [0.1, 0.15) is 18.5 Å².